The van der Waals surface area contributed by atoms with E-state index in [1.807, 2.05) is 13.2 Å². The second kappa shape index (κ2) is 3.07. The summed E-state index contributed by atoms with van der Waals surface area (Å²) < 4.78 is 0. The first kappa shape index (κ1) is 8.31. The van der Waals surface area contributed by atoms with Crippen LogP contribution in [0.1, 0.15) is 20.3 Å². The first-order valence-corrected chi connectivity index (χ1v) is 4.06. The van der Waals surface area contributed by atoms with E-state index in [-0.39, 0.29) is 11.8 Å². The molecule has 0 aromatic heterocycles. The SMILES string of the molecule is CC(C)C1CC=CN(C)C1=O. The van der Waals surface area contributed by atoms with Gasteiger partial charge in [0.25, 0.3) is 0 Å². The molecule has 0 radical (unpaired) electrons. The lowest BCUT2D eigenvalue weighted by molar-refractivity contribution is -0.133. The third-order valence-corrected chi connectivity index (χ3v) is 2.19. The van der Waals surface area contributed by atoms with E-state index >= 15 is 0 Å². The minimum absolute atomic E-state index is 0.199. The summed E-state index contributed by atoms with van der Waals surface area (Å²) in [6.07, 6.45) is 4.81. The Labute approximate surface area is 67.9 Å². The summed E-state index contributed by atoms with van der Waals surface area (Å²) in [5, 5.41) is 0. The summed E-state index contributed by atoms with van der Waals surface area (Å²) >= 11 is 0. The highest BCUT2D eigenvalue weighted by Gasteiger charge is 2.25. The summed E-state index contributed by atoms with van der Waals surface area (Å²) in [7, 11) is 1.81. The van der Waals surface area contributed by atoms with Crippen LogP contribution in [0.25, 0.3) is 0 Å². The Morgan fingerprint density at radius 2 is 2.27 bits per heavy atom. The van der Waals surface area contributed by atoms with E-state index in [4.69, 9.17) is 0 Å². The van der Waals surface area contributed by atoms with Gasteiger partial charge in [0, 0.05) is 19.2 Å². The van der Waals surface area contributed by atoms with Crippen LogP contribution in [0.5, 0.6) is 0 Å². The average Bonchev–Trinajstić information content (AvgIpc) is 1.94. The molecule has 1 aliphatic rings. The van der Waals surface area contributed by atoms with Gasteiger partial charge in [0.05, 0.1) is 0 Å². The first-order valence-electron chi connectivity index (χ1n) is 4.06. The molecule has 1 rings (SSSR count). The fourth-order valence-corrected chi connectivity index (χ4v) is 1.36. The van der Waals surface area contributed by atoms with E-state index in [2.05, 4.69) is 19.9 Å². The number of hydrogen-bond donors (Lipinski definition) is 0. The zero-order valence-corrected chi connectivity index (χ0v) is 7.37. The highest BCUT2D eigenvalue weighted by molar-refractivity contribution is 5.80. The molecule has 11 heavy (non-hydrogen) atoms. The number of rotatable bonds is 1. The normalized spacial score (nSPS) is 24.9. The summed E-state index contributed by atoms with van der Waals surface area (Å²) in [5.74, 6) is 0.905. The topological polar surface area (TPSA) is 20.3 Å². The standard InChI is InChI=1S/C9H15NO/c1-7(2)8-5-4-6-10(3)9(8)11/h4,6-8H,5H2,1-3H3. The van der Waals surface area contributed by atoms with E-state index in [0.717, 1.165) is 6.42 Å². The largest absolute Gasteiger partial charge is 0.322 e. The monoisotopic (exact) mass is 153 g/mol. The average molecular weight is 153 g/mol. The Morgan fingerprint density at radius 3 is 2.73 bits per heavy atom. The molecule has 1 heterocycles. The number of carbonyl (C=O) groups excluding carboxylic acids is 1. The Kier molecular flexibility index (Phi) is 2.32. The van der Waals surface area contributed by atoms with Gasteiger partial charge in [-0.1, -0.05) is 19.9 Å². The van der Waals surface area contributed by atoms with E-state index in [1.165, 1.54) is 0 Å². The van der Waals surface area contributed by atoms with Crippen LogP contribution in [0.2, 0.25) is 0 Å². The van der Waals surface area contributed by atoms with E-state index in [0.29, 0.717) is 5.92 Å². The van der Waals surface area contributed by atoms with E-state index in [1.54, 1.807) is 4.90 Å². The van der Waals surface area contributed by atoms with Crippen molar-refractivity contribution in [2.24, 2.45) is 11.8 Å². The van der Waals surface area contributed by atoms with Gasteiger partial charge in [-0.25, -0.2) is 0 Å². The second-order valence-corrected chi connectivity index (χ2v) is 3.42. The van der Waals surface area contributed by atoms with E-state index in [9.17, 15) is 4.79 Å². The molecule has 0 bridgehead atoms. The van der Waals surface area contributed by atoms with Gasteiger partial charge < -0.3 is 4.90 Å². The third kappa shape index (κ3) is 1.62. The van der Waals surface area contributed by atoms with Gasteiger partial charge in [-0.15, -0.1) is 0 Å². The van der Waals surface area contributed by atoms with Crippen LogP contribution in [0, 0.1) is 11.8 Å². The number of amides is 1. The van der Waals surface area contributed by atoms with Gasteiger partial charge in [0.2, 0.25) is 5.91 Å². The Morgan fingerprint density at radius 1 is 1.64 bits per heavy atom. The van der Waals surface area contributed by atoms with Crippen molar-refractivity contribution < 1.29 is 4.79 Å². The molecule has 0 spiro atoms. The molecule has 1 amide bonds. The van der Waals surface area contributed by atoms with Crippen molar-refractivity contribution in [1.82, 2.24) is 4.90 Å². The molecule has 1 aliphatic heterocycles. The predicted octanol–water partition coefficient (Wildman–Crippen LogP) is 1.63. The van der Waals surface area contributed by atoms with Crippen LogP contribution < -0.4 is 0 Å². The van der Waals surface area contributed by atoms with Crippen LogP contribution in [-0.4, -0.2) is 17.9 Å². The van der Waals surface area contributed by atoms with Gasteiger partial charge >= 0.3 is 0 Å². The lowest BCUT2D eigenvalue weighted by Crippen LogP contribution is -2.34. The lowest BCUT2D eigenvalue weighted by Gasteiger charge is -2.26. The predicted molar refractivity (Wildman–Crippen MR) is 44.9 cm³/mol. The van der Waals surface area contributed by atoms with Crippen molar-refractivity contribution >= 4 is 5.91 Å². The van der Waals surface area contributed by atoms with Gasteiger partial charge in [-0.2, -0.15) is 0 Å². The maximum atomic E-state index is 11.4. The van der Waals surface area contributed by atoms with Crippen molar-refractivity contribution in [2.45, 2.75) is 20.3 Å². The molecule has 0 aliphatic carbocycles. The summed E-state index contributed by atoms with van der Waals surface area (Å²) in [5.41, 5.74) is 0. The molecule has 0 aromatic rings. The summed E-state index contributed by atoms with van der Waals surface area (Å²) in [6.45, 7) is 4.19. The molecule has 2 heteroatoms. The van der Waals surface area contributed by atoms with Crippen LogP contribution in [0.15, 0.2) is 12.3 Å². The number of carbonyl (C=O) groups is 1. The summed E-state index contributed by atoms with van der Waals surface area (Å²) in [6, 6.07) is 0. The van der Waals surface area contributed by atoms with Crippen LogP contribution in [-0.2, 0) is 4.79 Å². The fourth-order valence-electron chi connectivity index (χ4n) is 1.36. The maximum Gasteiger partial charge on any atom is 0.229 e. The van der Waals surface area contributed by atoms with Crippen LogP contribution >= 0.6 is 0 Å². The highest BCUT2D eigenvalue weighted by Crippen LogP contribution is 2.21. The van der Waals surface area contributed by atoms with Gasteiger partial charge in [0.15, 0.2) is 0 Å². The minimum atomic E-state index is 0.199. The van der Waals surface area contributed by atoms with Crippen molar-refractivity contribution in [3.8, 4) is 0 Å². The third-order valence-electron chi connectivity index (χ3n) is 2.19. The van der Waals surface area contributed by atoms with Crippen molar-refractivity contribution in [1.29, 1.82) is 0 Å². The zero-order valence-electron chi connectivity index (χ0n) is 7.37. The van der Waals surface area contributed by atoms with Crippen LogP contribution in [0.4, 0.5) is 0 Å². The Balaban J connectivity index is 2.70. The van der Waals surface area contributed by atoms with Crippen molar-refractivity contribution in [3.05, 3.63) is 12.3 Å². The molecule has 0 fully saturated rings. The first-order chi connectivity index (χ1) is 5.13. The van der Waals surface area contributed by atoms with Gasteiger partial charge in [-0.3, -0.25) is 4.79 Å². The highest BCUT2D eigenvalue weighted by atomic mass is 16.2. The zero-order chi connectivity index (χ0) is 8.43. The van der Waals surface area contributed by atoms with Crippen molar-refractivity contribution in [2.75, 3.05) is 7.05 Å². The molecule has 1 unspecified atom stereocenters. The molecule has 0 aromatic carbocycles. The number of hydrogen-bond acceptors (Lipinski definition) is 1. The molecular weight excluding hydrogens is 138 g/mol. The lowest BCUT2D eigenvalue weighted by atomic mass is 9.90. The summed E-state index contributed by atoms with van der Waals surface area (Å²) in [4.78, 5) is 13.1. The molecule has 1 atom stereocenters. The minimum Gasteiger partial charge on any atom is -0.322 e. The smallest absolute Gasteiger partial charge is 0.229 e. The number of allylic oxidation sites excluding steroid dienone is 1. The van der Waals surface area contributed by atoms with Crippen molar-refractivity contribution in [3.63, 3.8) is 0 Å². The Bertz CT molecular complexity index is 184. The Hall–Kier alpha value is -0.790. The fraction of sp³-hybridized carbons (Fsp3) is 0.667. The van der Waals surface area contributed by atoms with E-state index < -0.39 is 0 Å². The molecule has 0 saturated carbocycles. The molecule has 0 saturated heterocycles. The quantitative estimate of drug-likeness (QED) is 0.560. The molecule has 2 nitrogen and oxygen atoms in total. The second-order valence-electron chi connectivity index (χ2n) is 3.42. The molecule has 0 N–H and O–H groups in total. The number of nitrogens with zero attached hydrogens (tertiary/aromatic N) is 1. The van der Waals surface area contributed by atoms with Gasteiger partial charge in [0.1, 0.15) is 0 Å². The molecular formula is C9H15NO. The van der Waals surface area contributed by atoms with Gasteiger partial charge in [-0.05, 0) is 12.3 Å². The maximum absolute atomic E-state index is 11.4. The van der Waals surface area contributed by atoms with Crippen LogP contribution in [0.3, 0.4) is 0 Å². The molecule has 62 valence electrons.